The van der Waals surface area contributed by atoms with Gasteiger partial charge in [0.1, 0.15) is 0 Å². The van der Waals surface area contributed by atoms with E-state index >= 15 is 0 Å². The van der Waals surface area contributed by atoms with Crippen molar-refractivity contribution in [2.24, 2.45) is 0 Å². The third kappa shape index (κ3) is 1.98. The van der Waals surface area contributed by atoms with Gasteiger partial charge in [-0.05, 0) is 17.7 Å². The number of nitrogens with zero attached hydrogens (tertiary/aromatic N) is 1. The van der Waals surface area contributed by atoms with Crippen molar-refractivity contribution in [2.45, 2.75) is 6.42 Å². The molecule has 0 atom stereocenters. The normalized spacial score (nSPS) is 10.9. The van der Waals surface area contributed by atoms with Crippen molar-refractivity contribution < 1.29 is 0 Å². The molecule has 0 amide bonds. The Labute approximate surface area is 108 Å². The Hall–Kier alpha value is -1.61. The van der Waals surface area contributed by atoms with E-state index in [0.29, 0.717) is 0 Å². The van der Waals surface area contributed by atoms with Crippen LogP contribution in [0.5, 0.6) is 0 Å². The second kappa shape index (κ2) is 4.34. The average molecular weight is 287 g/mol. The van der Waals surface area contributed by atoms with E-state index in [4.69, 9.17) is 0 Å². The number of H-pyrrole nitrogens is 1. The predicted molar refractivity (Wildman–Crippen MR) is 73.0 cm³/mol. The van der Waals surface area contributed by atoms with E-state index in [1.165, 1.54) is 10.9 Å². The fourth-order valence-electron chi connectivity index (χ4n) is 2.01. The quantitative estimate of drug-likeness (QED) is 0.760. The predicted octanol–water partition coefficient (Wildman–Crippen LogP) is 3.92. The monoisotopic (exact) mass is 286 g/mol. The van der Waals surface area contributed by atoms with E-state index in [2.05, 4.69) is 50.4 Å². The Bertz CT molecular complexity index is 644. The van der Waals surface area contributed by atoms with Crippen molar-refractivity contribution in [3.8, 4) is 0 Å². The summed E-state index contributed by atoms with van der Waals surface area (Å²) in [6.07, 6.45) is 0.851. The summed E-state index contributed by atoms with van der Waals surface area (Å²) in [5.41, 5.74) is 3.43. The molecule has 2 aromatic carbocycles. The molecule has 1 aromatic heterocycles. The molecular weight excluding hydrogens is 276 g/mol. The molecule has 2 nitrogen and oxygen atoms in total. The van der Waals surface area contributed by atoms with Crippen molar-refractivity contribution in [2.75, 3.05) is 0 Å². The molecule has 0 bridgehead atoms. The molecule has 3 heteroatoms. The third-order valence-corrected chi connectivity index (χ3v) is 3.49. The van der Waals surface area contributed by atoms with Gasteiger partial charge in [0.05, 0.1) is 11.2 Å². The lowest BCUT2D eigenvalue weighted by molar-refractivity contribution is 1.01. The van der Waals surface area contributed by atoms with Gasteiger partial charge in [0.15, 0.2) is 0 Å². The molecule has 1 N–H and O–H groups in total. The van der Waals surface area contributed by atoms with Crippen LogP contribution in [0.4, 0.5) is 0 Å². The first-order valence-corrected chi connectivity index (χ1v) is 6.29. The number of aromatic nitrogens is 2. The number of rotatable bonds is 2. The Morgan fingerprint density at radius 2 is 1.82 bits per heavy atom. The van der Waals surface area contributed by atoms with Gasteiger partial charge in [-0.15, -0.1) is 0 Å². The van der Waals surface area contributed by atoms with Gasteiger partial charge in [-0.2, -0.15) is 5.10 Å². The van der Waals surface area contributed by atoms with E-state index in [9.17, 15) is 0 Å². The lowest BCUT2D eigenvalue weighted by Gasteiger charge is -1.99. The van der Waals surface area contributed by atoms with Crippen LogP contribution in [-0.2, 0) is 6.42 Å². The number of aromatic amines is 1. The van der Waals surface area contributed by atoms with Gasteiger partial charge < -0.3 is 0 Å². The minimum Gasteiger partial charge on any atom is -0.277 e. The maximum absolute atomic E-state index is 4.40. The first kappa shape index (κ1) is 10.5. The van der Waals surface area contributed by atoms with Crippen molar-refractivity contribution in [3.63, 3.8) is 0 Å². The molecule has 0 unspecified atom stereocenters. The van der Waals surface area contributed by atoms with Gasteiger partial charge >= 0.3 is 0 Å². The van der Waals surface area contributed by atoms with Crippen LogP contribution in [0, 0.1) is 0 Å². The highest BCUT2D eigenvalue weighted by molar-refractivity contribution is 9.10. The number of benzene rings is 2. The van der Waals surface area contributed by atoms with Crippen LogP contribution in [-0.4, -0.2) is 10.2 Å². The zero-order chi connectivity index (χ0) is 11.7. The molecular formula is C14H11BrN2. The summed E-state index contributed by atoms with van der Waals surface area (Å²) >= 11 is 3.58. The molecule has 0 saturated heterocycles. The maximum atomic E-state index is 4.40. The second-order valence-electron chi connectivity index (χ2n) is 4.00. The van der Waals surface area contributed by atoms with Crippen LogP contribution in [0.2, 0.25) is 0 Å². The van der Waals surface area contributed by atoms with Crippen LogP contribution in [0.25, 0.3) is 10.9 Å². The minimum atomic E-state index is 0.851. The molecule has 0 saturated carbocycles. The summed E-state index contributed by atoms with van der Waals surface area (Å²) in [6.45, 7) is 0. The molecule has 0 aliphatic rings. The number of fused-ring (bicyclic) bond motifs is 1. The molecule has 84 valence electrons. The highest BCUT2D eigenvalue weighted by Gasteiger charge is 2.08. The summed E-state index contributed by atoms with van der Waals surface area (Å²) in [5.74, 6) is 0. The average Bonchev–Trinajstić information content (AvgIpc) is 2.75. The van der Waals surface area contributed by atoms with Crippen LogP contribution < -0.4 is 0 Å². The van der Waals surface area contributed by atoms with Gasteiger partial charge in [-0.3, -0.25) is 5.10 Å². The smallest absolute Gasteiger partial charge is 0.0755 e. The van der Waals surface area contributed by atoms with Gasteiger partial charge in [0, 0.05) is 16.3 Å². The minimum absolute atomic E-state index is 0.851. The van der Waals surface area contributed by atoms with Gasteiger partial charge in [0.2, 0.25) is 0 Å². The first-order valence-electron chi connectivity index (χ1n) is 5.50. The lowest BCUT2D eigenvalue weighted by Crippen LogP contribution is -1.89. The summed E-state index contributed by atoms with van der Waals surface area (Å²) in [5, 5.41) is 8.64. The molecule has 0 aliphatic heterocycles. The van der Waals surface area contributed by atoms with E-state index in [1.807, 2.05) is 24.3 Å². The first-order chi connectivity index (χ1) is 8.34. The van der Waals surface area contributed by atoms with E-state index in [0.717, 1.165) is 22.1 Å². The number of nitrogens with one attached hydrogen (secondary N) is 1. The largest absolute Gasteiger partial charge is 0.277 e. The van der Waals surface area contributed by atoms with Crippen LogP contribution in [0.15, 0.2) is 53.0 Å². The van der Waals surface area contributed by atoms with Gasteiger partial charge in [-0.1, -0.05) is 52.3 Å². The Morgan fingerprint density at radius 1 is 1.00 bits per heavy atom. The summed E-state index contributed by atoms with van der Waals surface area (Å²) in [4.78, 5) is 0. The number of hydrogen-bond donors (Lipinski definition) is 1. The van der Waals surface area contributed by atoms with E-state index in [-0.39, 0.29) is 0 Å². The highest BCUT2D eigenvalue weighted by Crippen LogP contribution is 2.26. The molecule has 0 spiro atoms. The number of halogens is 1. The van der Waals surface area contributed by atoms with Crippen LogP contribution in [0.1, 0.15) is 11.3 Å². The third-order valence-electron chi connectivity index (χ3n) is 2.83. The topological polar surface area (TPSA) is 28.7 Å². The number of hydrogen-bond acceptors (Lipinski definition) is 1. The maximum Gasteiger partial charge on any atom is 0.0755 e. The van der Waals surface area contributed by atoms with Crippen molar-refractivity contribution in [3.05, 3.63) is 64.3 Å². The molecule has 17 heavy (non-hydrogen) atoms. The highest BCUT2D eigenvalue weighted by atomic mass is 79.9. The molecule has 3 rings (SSSR count). The molecule has 0 aliphatic carbocycles. The standard InChI is InChI=1S/C14H11BrN2/c15-11-7-4-8-12-14(11)13(17-16-12)9-10-5-2-1-3-6-10/h1-8H,9H2,(H,16,17). The van der Waals surface area contributed by atoms with Gasteiger partial charge in [0.25, 0.3) is 0 Å². The fraction of sp³-hybridized carbons (Fsp3) is 0.0714. The SMILES string of the molecule is Brc1cccc2[nH]nc(Cc3ccccc3)c12. The molecule has 1 heterocycles. The van der Waals surface area contributed by atoms with Crippen molar-refractivity contribution >= 4 is 26.8 Å². The van der Waals surface area contributed by atoms with Crippen molar-refractivity contribution in [1.82, 2.24) is 10.2 Å². The Morgan fingerprint density at radius 3 is 2.65 bits per heavy atom. The summed E-state index contributed by atoms with van der Waals surface area (Å²) in [7, 11) is 0. The fourth-order valence-corrected chi connectivity index (χ4v) is 2.61. The summed E-state index contributed by atoms with van der Waals surface area (Å²) in [6, 6.07) is 16.5. The Balaban J connectivity index is 2.07. The molecule has 0 radical (unpaired) electrons. The molecule has 3 aromatic rings. The zero-order valence-corrected chi connectivity index (χ0v) is 10.7. The molecule has 0 fully saturated rings. The summed E-state index contributed by atoms with van der Waals surface area (Å²) < 4.78 is 1.09. The second-order valence-corrected chi connectivity index (χ2v) is 4.85. The van der Waals surface area contributed by atoms with E-state index < -0.39 is 0 Å². The van der Waals surface area contributed by atoms with Gasteiger partial charge in [-0.25, -0.2) is 0 Å². The van der Waals surface area contributed by atoms with Crippen LogP contribution in [0.3, 0.4) is 0 Å². The van der Waals surface area contributed by atoms with Crippen molar-refractivity contribution in [1.29, 1.82) is 0 Å². The van der Waals surface area contributed by atoms with Crippen LogP contribution >= 0.6 is 15.9 Å². The zero-order valence-electron chi connectivity index (χ0n) is 9.15. The lowest BCUT2D eigenvalue weighted by atomic mass is 10.1. The Kier molecular flexibility index (Phi) is 2.69. The van der Waals surface area contributed by atoms with E-state index in [1.54, 1.807) is 0 Å².